The molecular formula is C18H21N3O2S. The molecule has 0 aliphatic rings. The average molecular weight is 343 g/mol. The first kappa shape index (κ1) is 18.0. The topological polar surface area (TPSA) is 73.2 Å². The molecule has 126 valence electrons. The van der Waals surface area contributed by atoms with Crippen molar-refractivity contribution in [1.82, 2.24) is 4.31 Å². The number of nitrogens with one attached hydrogen (secondary N) is 1. The number of aryl methyl sites for hydroxylation is 1. The number of nitriles is 1. The standard InChI is InChI=1S/C18H21N3O2S/c1-13-9-17(24(22,23)21(3)4)10-18(14(13)2)20-12-16-8-6-5-7-15(16)11-19/h5-10,20H,12H2,1-4H3. The van der Waals surface area contributed by atoms with Gasteiger partial charge in [0.05, 0.1) is 16.5 Å². The molecule has 0 bridgehead atoms. The maximum atomic E-state index is 12.4. The second-order valence-corrected chi connectivity index (χ2v) is 7.97. The highest BCUT2D eigenvalue weighted by atomic mass is 32.2. The predicted molar refractivity (Wildman–Crippen MR) is 95.3 cm³/mol. The summed E-state index contributed by atoms with van der Waals surface area (Å²) in [6, 6.07) is 12.8. The van der Waals surface area contributed by atoms with E-state index in [1.807, 2.05) is 32.0 Å². The Morgan fingerprint density at radius 1 is 1.17 bits per heavy atom. The SMILES string of the molecule is Cc1cc(S(=O)(=O)N(C)C)cc(NCc2ccccc2C#N)c1C. The number of rotatable bonds is 5. The third-order valence-electron chi connectivity index (χ3n) is 4.03. The molecule has 0 aliphatic heterocycles. The first-order valence-corrected chi connectivity index (χ1v) is 8.97. The molecule has 0 fully saturated rings. The maximum absolute atomic E-state index is 12.4. The molecule has 2 rings (SSSR count). The van der Waals surface area contributed by atoms with Crippen molar-refractivity contribution < 1.29 is 8.42 Å². The predicted octanol–water partition coefficient (Wildman–Crippen LogP) is 3.04. The van der Waals surface area contributed by atoms with Gasteiger partial charge in [-0.25, -0.2) is 12.7 Å². The smallest absolute Gasteiger partial charge is 0.242 e. The summed E-state index contributed by atoms with van der Waals surface area (Å²) in [5.41, 5.74) is 4.12. The van der Waals surface area contributed by atoms with Crippen LogP contribution in [0.25, 0.3) is 0 Å². The lowest BCUT2D eigenvalue weighted by atomic mass is 10.1. The van der Waals surface area contributed by atoms with Gasteiger partial charge in [-0.3, -0.25) is 0 Å². The van der Waals surface area contributed by atoms with Crippen LogP contribution in [0.2, 0.25) is 0 Å². The largest absolute Gasteiger partial charge is 0.381 e. The molecule has 5 nitrogen and oxygen atoms in total. The van der Waals surface area contributed by atoms with Gasteiger partial charge < -0.3 is 5.32 Å². The van der Waals surface area contributed by atoms with Gasteiger partial charge in [0.1, 0.15) is 0 Å². The van der Waals surface area contributed by atoms with Gasteiger partial charge >= 0.3 is 0 Å². The van der Waals surface area contributed by atoms with Gasteiger partial charge in [-0.2, -0.15) is 5.26 Å². The van der Waals surface area contributed by atoms with E-state index >= 15 is 0 Å². The second kappa shape index (κ2) is 7.04. The summed E-state index contributed by atoms with van der Waals surface area (Å²) in [5.74, 6) is 0. The van der Waals surface area contributed by atoms with E-state index in [9.17, 15) is 8.42 Å². The van der Waals surface area contributed by atoms with Crippen molar-refractivity contribution in [1.29, 1.82) is 5.26 Å². The molecule has 0 saturated carbocycles. The molecule has 0 spiro atoms. The number of benzene rings is 2. The highest BCUT2D eigenvalue weighted by Gasteiger charge is 2.19. The van der Waals surface area contributed by atoms with Crippen molar-refractivity contribution in [2.75, 3.05) is 19.4 Å². The Kier molecular flexibility index (Phi) is 5.27. The van der Waals surface area contributed by atoms with Crippen LogP contribution >= 0.6 is 0 Å². The van der Waals surface area contributed by atoms with Gasteiger partial charge in [0, 0.05) is 26.3 Å². The number of hydrogen-bond donors (Lipinski definition) is 1. The second-order valence-electron chi connectivity index (χ2n) is 5.82. The summed E-state index contributed by atoms with van der Waals surface area (Å²) >= 11 is 0. The monoisotopic (exact) mass is 343 g/mol. The molecule has 6 heteroatoms. The maximum Gasteiger partial charge on any atom is 0.242 e. The molecule has 0 saturated heterocycles. The van der Waals surface area contributed by atoms with Crippen LogP contribution < -0.4 is 5.32 Å². The van der Waals surface area contributed by atoms with Crippen molar-refractivity contribution in [2.24, 2.45) is 0 Å². The fourth-order valence-electron chi connectivity index (χ4n) is 2.34. The minimum atomic E-state index is -3.49. The average Bonchev–Trinajstić information content (AvgIpc) is 2.55. The zero-order valence-corrected chi connectivity index (χ0v) is 15.1. The highest BCUT2D eigenvalue weighted by Crippen LogP contribution is 2.26. The summed E-state index contributed by atoms with van der Waals surface area (Å²) in [6.07, 6.45) is 0. The molecule has 1 N–H and O–H groups in total. The van der Waals surface area contributed by atoms with Gasteiger partial charge in [-0.1, -0.05) is 18.2 Å². The Hall–Kier alpha value is -2.36. The Bertz CT molecular complexity index is 897. The van der Waals surface area contributed by atoms with Gasteiger partial charge in [-0.15, -0.1) is 0 Å². The molecule has 2 aromatic carbocycles. The summed E-state index contributed by atoms with van der Waals surface area (Å²) in [5, 5.41) is 12.4. The van der Waals surface area contributed by atoms with Crippen LogP contribution in [0.3, 0.4) is 0 Å². The van der Waals surface area contributed by atoms with Crippen LogP contribution in [0.4, 0.5) is 5.69 Å². The molecular weight excluding hydrogens is 322 g/mol. The lowest BCUT2D eigenvalue weighted by Crippen LogP contribution is -2.22. The van der Waals surface area contributed by atoms with Gasteiger partial charge in [0.15, 0.2) is 0 Å². The highest BCUT2D eigenvalue weighted by molar-refractivity contribution is 7.89. The van der Waals surface area contributed by atoms with E-state index in [1.165, 1.54) is 18.4 Å². The molecule has 0 amide bonds. The van der Waals surface area contributed by atoms with E-state index in [0.29, 0.717) is 12.1 Å². The summed E-state index contributed by atoms with van der Waals surface area (Å²) in [6.45, 7) is 4.29. The van der Waals surface area contributed by atoms with Crippen molar-refractivity contribution in [3.05, 3.63) is 58.7 Å². The molecule has 0 radical (unpaired) electrons. The third kappa shape index (κ3) is 3.58. The van der Waals surface area contributed by atoms with Crippen molar-refractivity contribution >= 4 is 15.7 Å². The van der Waals surface area contributed by atoms with Crippen molar-refractivity contribution in [3.8, 4) is 6.07 Å². The molecule has 0 unspecified atom stereocenters. The Morgan fingerprint density at radius 3 is 2.46 bits per heavy atom. The van der Waals surface area contributed by atoms with E-state index in [4.69, 9.17) is 5.26 Å². The number of sulfonamides is 1. The molecule has 0 aromatic heterocycles. The first-order valence-electron chi connectivity index (χ1n) is 7.53. The van der Waals surface area contributed by atoms with Crippen LogP contribution in [0, 0.1) is 25.2 Å². The van der Waals surface area contributed by atoms with Crippen LogP contribution in [0.5, 0.6) is 0 Å². The van der Waals surface area contributed by atoms with Gasteiger partial charge in [-0.05, 0) is 48.7 Å². The summed E-state index contributed by atoms with van der Waals surface area (Å²) < 4.78 is 26.0. The fraction of sp³-hybridized carbons (Fsp3) is 0.278. The van der Waals surface area contributed by atoms with E-state index < -0.39 is 10.0 Å². The fourth-order valence-corrected chi connectivity index (χ4v) is 3.36. The van der Waals surface area contributed by atoms with E-state index in [2.05, 4.69) is 11.4 Å². The Morgan fingerprint density at radius 2 is 1.83 bits per heavy atom. The summed E-state index contributed by atoms with van der Waals surface area (Å²) in [7, 11) is -0.464. The van der Waals surface area contributed by atoms with Crippen molar-refractivity contribution in [3.63, 3.8) is 0 Å². The van der Waals surface area contributed by atoms with Crippen molar-refractivity contribution in [2.45, 2.75) is 25.3 Å². The molecule has 0 aliphatic carbocycles. The lowest BCUT2D eigenvalue weighted by Gasteiger charge is -2.17. The summed E-state index contributed by atoms with van der Waals surface area (Å²) in [4.78, 5) is 0.256. The van der Waals surface area contributed by atoms with Crippen LogP contribution in [0.1, 0.15) is 22.3 Å². The lowest BCUT2D eigenvalue weighted by molar-refractivity contribution is 0.520. The van der Waals surface area contributed by atoms with E-state index in [-0.39, 0.29) is 4.90 Å². The van der Waals surface area contributed by atoms with E-state index in [1.54, 1.807) is 18.2 Å². The first-order chi connectivity index (χ1) is 11.3. The quantitative estimate of drug-likeness (QED) is 0.905. The molecule has 0 atom stereocenters. The Labute approximate surface area is 143 Å². The zero-order valence-electron chi connectivity index (χ0n) is 14.3. The third-order valence-corrected chi connectivity index (χ3v) is 5.82. The molecule has 2 aromatic rings. The number of hydrogen-bond acceptors (Lipinski definition) is 4. The molecule has 24 heavy (non-hydrogen) atoms. The number of nitrogens with zero attached hydrogens (tertiary/aromatic N) is 2. The number of anilines is 1. The van der Waals surface area contributed by atoms with Gasteiger partial charge in [0.2, 0.25) is 10.0 Å². The van der Waals surface area contributed by atoms with E-state index in [0.717, 1.165) is 22.4 Å². The van der Waals surface area contributed by atoms with Gasteiger partial charge in [0.25, 0.3) is 0 Å². The Balaban J connectivity index is 2.37. The minimum absolute atomic E-state index is 0.256. The minimum Gasteiger partial charge on any atom is -0.381 e. The molecule has 0 heterocycles. The van der Waals surface area contributed by atoms with Crippen LogP contribution in [0.15, 0.2) is 41.3 Å². The normalized spacial score (nSPS) is 11.3. The zero-order chi connectivity index (χ0) is 17.9. The van der Waals surface area contributed by atoms with Crippen LogP contribution in [-0.4, -0.2) is 26.8 Å². The van der Waals surface area contributed by atoms with Crippen LogP contribution in [-0.2, 0) is 16.6 Å².